The molecular formula is C20H27N3O2. The second-order valence-corrected chi connectivity index (χ2v) is 7.48. The van der Waals surface area contributed by atoms with Gasteiger partial charge < -0.3 is 9.30 Å². The molecule has 0 radical (unpaired) electrons. The maximum atomic E-state index is 12.3. The number of amides is 1. The number of ether oxygens (including phenoxy) is 1. The van der Waals surface area contributed by atoms with E-state index >= 15 is 0 Å². The van der Waals surface area contributed by atoms with E-state index in [0.717, 1.165) is 29.9 Å². The summed E-state index contributed by atoms with van der Waals surface area (Å²) in [6.07, 6.45) is 8.08. The van der Waals surface area contributed by atoms with Gasteiger partial charge in [-0.2, -0.15) is 0 Å². The summed E-state index contributed by atoms with van der Waals surface area (Å²) in [7, 11) is 1.45. The number of hydrogen-bond acceptors (Lipinski definition) is 3. The molecule has 1 unspecified atom stereocenters. The van der Waals surface area contributed by atoms with Crippen molar-refractivity contribution in [2.45, 2.75) is 70.9 Å². The number of fused-ring (bicyclic) bond motifs is 3. The zero-order valence-corrected chi connectivity index (χ0v) is 15.4. The molecule has 1 aromatic carbocycles. The number of carbonyl (C=O) groups is 1. The predicted octanol–water partition coefficient (Wildman–Crippen LogP) is 4.76. The Morgan fingerprint density at radius 3 is 2.68 bits per heavy atom. The van der Waals surface area contributed by atoms with E-state index in [4.69, 9.17) is 9.72 Å². The summed E-state index contributed by atoms with van der Waals surface area (Å²) in [5, 5.41) is 0. The predicted molar refractivity (Wildman–Crippen MR) is 99.3 cm³/mol. The molecule has 1 atom stereocenters. The highest BCUT2D eigenvalue weighted by molar-refractivity contribution is 5.95. The smallest absolute Gasteiger partial charge is 0.414 e. The Labute approximate surface area is 149 Å². The van der Waals surface area contributed by atoms with E-state index < -0.39 is 0 Å². The molecule has 1 fully saturated rings. The van der Waals surface area contributed by atoms with Crippen LogP contribution in [0.3, 0.4) is 0 Å². The average Bonchev–Trinajstić information content (AvgIpc) is 2.97. The van der Waals surface area contributed by atoms with Crippen molar-refractivity contribution in [1.29, 1.82) is 0 Å². The van der Waals surface area contributed by atoms with Crippen molar-refractivity contribution in [2.75, 3.05) is 12.0 Å². The van der Waals surface area contributed by atoms with Crippen molar-refractivity contribution >= 4 is 22.8 Å². The summed E-state index contributed by atoms with van der Waals surface area (Å²) in [4.78, 5) is 19.0. The number of rotatable bonds is 1. The lowest BCUT2D eigenvalue weighted by atomic mass is 9.94. The van der Waals surface area contributed by atoms with Gasteiger partial charge >= 0.3 is 6.09 Å². The fourth-order valence-electron chi connectivity index (χ4n) is 4.69. The zero-order chi connectivity index (χ0) is 17.6. The molecule has 2 aromatic rings. The van der Waals surface area contributed by atoms with Crippen LogP contribution >= 0.6 is 0 Å². The van der Waals surface area contributed by atoms with Gasteiger partial charge in [0.1, 0.15) is 5.82 Å². The molecule has 4 rings (SSSR count). The fourth-order valence-corrected chi connectivity index (χ4v) is 4.69. The van der Waals surface area contributed by atoms with Crippen LogP contribution in [0.1, 0.15) is 62.9 Å². The van der Waals surface area contributed by atoms with E-state index in [9.17, 15) is 4.79 Å². The van der Waals surface area contributed by atoms with Crippen molar-refractivity contribution in [3.63, 3.8) is 0 Å². The maximum Gasteiger partial charge on any atom is 0.414 e. The van der Waals surface area contributed by atoms with Gasteiger partial charge in [-0.15, -0.1) is 0 Å². The molecule has 0 spiro atoms. The number of anilines is 1. The summed E-state index contributed by atoms with van der Waals surface area (Å²) in [6, 6.07) is 4.96. The third-order valence-corrected chi connectivity index (χ3v) is 5.94. The first-order valence-corrected chi connectivity index (χ1v) is 9.49. The summed E-state index contributed by atoms with van der Waals surface area (Å²) in [6.45, 7) is 4.19. The van der Waals surface area contributed by atoms with Gasteiger partial charge in [-0.25, -0.2) is 9.78 Å². The molecule has 134 valence electrons. The van der Waals surface area contributed by atoms with E-state index in [2.05, 4.69) is 30.5 Å². The van der Waals surface area contributed by atoms with Gasteiger partial charge in [0.2, 0.25) is 0 Å². The Bertz CT molecular complexity index is 805. The van der Waals surface area contributed by atoms with Crippen LogP contribution in [0, 0.1) is 6.92 Å². The third-order valence-electron chi connectivity index (χ3n) is 5.94. The monoisotopic (exact) mass is 341 g/mol. The average molecular weight is 341 g/mol. The Hall–Kier alpha value is -2.04. The SMILES string of the molecule is COC(=O)N1c2ccc3c(nc(C)n3C3CCCCC3)c2CCC1C. The standard InChI is InChI=1S/C20H27N3O2/c1-13-9-10-16-17(22(13)20(24)25-3)11-12-18-19(16)21-14(2)23(18)15-7-5-4-6-8-15/h11-13,15H,4-10H2,1-3H3. The lowest BCUT2D eigenvalue weighted by Gasteiger charge is -2.34. The first-order chi connectivity index (χ1) is 12.1. The quantitative estimate of drug-likeness (QED) is 0.751. The number of methoxy groups -OCH3 is 1. The first kappa shape index (κ1) is 16.4. The molecule has 1 amide bonds. The Kier molecular flexibility index (Phi) is 4.18. The van der Waals surface area contributed by atoms with Crippen molar-refractivity contribution in [2.24, 2.45) is 0 Å². The van der Waals surface area contributed by atoms with Crippen LogP contribution in [-0.4, -0.2) is 28.8 Å². The van der Waals surface area contributed by atoms with E-state index in [-0.39, 0.29) is 12.1 Å². The summed E-state index contributed by atoms with van der Waals surface area (Å²) >= 11 is 0. The van der Waals surface area contributed by atoms with Crippen LogP contribution in [0.4, 0.5) is 10.5 Å². The van der Waals surface area contributed by atoms with E-state index in [0.29, 0.717) is 6.04 Å². The number of carbonyl (C=O) groups excluding carboxylic acids is 1. The van der Waals surface area contributed by atoms with Gasteiger partial charge in [-0.05, 0) is 51.7 Å². The Morgan fingerprint density at radius 2 is 1.96 bits per heavy atom. The molecule has 2 heterocycles. The topological polar surface area (TPSA) is 47.4 Å². The van der Waals surface area contributed by atoms with Crippen LogP contribution in [0.5, 0.6) is 0 Å². The molecule has 1 saturated carbocycles. The largest absolute Gasteiger partial charge is 0.452 e. The van der Waals surface area contributed by atoms with E-state index in [1.54, 1.807) is 4.90 Å². The normalized spacial score (nSPS) is 21.4. The van der Waals surface area contributed by atoms with Gasteiger partial charge in [0.15, 0.2) is 0 Å². The Morgan fingerprint density at radius 1 is 1.20 bits per heavy atom. The molecule has 1 aliphatic heterocycles. The number of benzene rings is 1. The lowest BCUT2D eigenvalue weighted by Crippen LogP contribution is -2.42. The summed E-state index contributed by atoms with van der Waals surface area (Å²) in [5.41, 5.74) is 4.45. The fraction of sp³-hybridized carbons (Fsp3) is 0.600. The van der Waals surface area contributed by atoms with Crippen LogP contribution < -0.4 is 4.90 Å². The minimum absolute atomic E-state index is 0.152. The maximum absolute atomic E-state index is 12.3. The number of imidazole rings is 1. The summed E-state index contributed by atoms with van der Waals surface area (Å²) in [5.74, 6) is 1.10. The van der Waals surface area contributed by atoms with Crippen molar-refractivity contribution < 1.29 is 9.53 Å². The van der Waals surface area contributed by atoms with Crippen LogP contribution in [0.25, 0.3) is 11.0 Å². The zero-order valence-electron chi connectivity index (χ0n) is 15.4. The van der Waals surface area contributed by atoms with Gasteiger partial charge in [-0.1, -0.05) is 19.3 Å². The third kappa shape index (κ3) is 2.60. The minimum atomic E-state index is -0.281. The molecule has 1 aromatic heterocycles. The van der Waals surface area contributed by atoms with E-state index in [1.807, 2.05) is 0 Å². The summed E-state index contributed by atoms with van der Waals surface area (Å²) < 4.78 is 7.45. The number of nitrogens with zero attached hydrogens (tertiary/aromatic N) is 3. The molecule has 0 bridgehead atoms. The molecule has 0 saturated heterocycles. The number of aromatic nitrogens is 2. The highest BCUT2D eigenvalue weighted by Gasteiger charge is 2.31. The molecule has 2 aliphatic rings. The van der Waals surface area contributed by atoms with Gasteiger partial charge in [0.05, 0.1) is 23.8 Å². The van der Waals surface area contributed by atoms with Gasteiger partial charge in [-0.3, -0.25) is 4.90 Å². The highest BCUT2D eigenvalue weighted by Crippen LogP contribution is 2.39. The van der Waals surface area contributed by atoms with Gasteiger partial charge in [0, 0.05) is 17.6 Å². The first-order valence-electron chi connectivity index (χ1n) is 9.49. The molecule has 5 heteroatoms. The molecule has 25 heavy (non-hydrogen) atoms. The molecular weight excluding hydrogens is 314 g/mol. The lowest BCUT2D eigenvalue weighted by molar-refractivity contribution is 0.175. The Balaban J connectivity index is 1.84. The molecule has 5 nitrogen and oxygen atoms in total. The van der Waals surface area contributed by atoms with Crippen LogP contribution in [0.15, 0.2) is 12.1 Å². The number of aryl methyl sites for hydroxylation is 2. The van der Waals surface area contributed by atoms with Crippen LogP contribution in [-0.2, 0) is 11.2 Å². The molecule has 1 aliphatic carbocycles. The second kappa shape index (κ2) is 6.36. The van der Waals surface area contributed by atoms with Gasteiger partial charge in [0.25, 0.3) is 0 Å². The minimum Gasteiger partial charge on any atom is -0.452 e. The highest BCUT2D eigenvalue weighted by atomic mass is 16.5. The van der Waals surface area contributed by atoms with Crippen LogP contribution in [0.2, 0.25) is 0 Å². The van der Waals surface area contributed by atoms with Crippen molar-refractivity contribution in [3.05, 3.63) is 23.5 Å². The number of hydrogen-bond donors (Lipinski definition) is 0. The van der Waals surface area contributed by atoms with E-state index in [1.165, 1.54) is 50.3 Å². The van der Waals surface area contributed by atoms with Crippen molar-refractivity contribution in [3.8, 4) is 0 Å². The second-order valence-electron chi connectivity index (χ2n) is 7.48. The van der Waals surface area contributed by atoms with Crippen molar-refractivity contribution in [1.82, 2.24) is 9.55 Å². The molecule has 0 N–H and O–H groups in total.